The molecule has 0 atom stereocenters. The van der Waals surface area contributed by atoms with Crippen molar-refractivity contribution in [3.8, 4) is 11.4 Å². The third kappa shape index (κ3) is 5.09. The molecule has 0 fully saturated rings. The van der Waals surface area contributed by atoms with Crippen molar-refractivity contribution in [3.63, 3.8) is 0 Å². The molecule has 0 aliphatic rings. The number of fused-ring (bicyclic) bond motifs is 1. The third-order valence-corrected chi connectivity index (χ3v) is 6.19. The molecule has 0 unspecified atom stereocenters. The number of nitrogens with one attached hydrogen (secondary N) is 1. The summed E-state index contributed by atoms with van der Waals surface area (Å²) >= 11 is 1.48. The van der Waals surface area contributed by atoms with Crippen molar-refractivity contribution in [2.45, 2.75) is 24.3 Å². The quantitative estimate of drug-likeness (QED) is 0.302. The maximum Gasteiger partial charge on any atom is 0.266 e. The van der Waals surface area contributed by atoms with Gasteiger partial charge in [-0.15, -0.1) is 0 Å². The zero-order valence-corrected chi connectivity index (χ0v) is 19.4. The maximum atomic E-state index is 13.5. The van der Waals surface area contributed by atoms with E-state index in [0.29, 0.717) is 45.4 Å². The molecule has 0 saturated heterocycles. The van der Waals surface area contributed by atoms with E-state index in [0.717, 1.165) is 12.0 Å². The van der Waals surface area contributed by atoms with E-state index in [1.54, 1.807) is 29.9 Å². The second-order valence-electron chi connectivity index (χ2n) is 7.50. The van der Waals surface area contributed by atoms with Gasteiger partial charge >= 0.3 is 0 Å². The first-order chi connectivity index (χ1) is 16.1. The number of hydrogen-bond acceptors (Lipinski definition) is 5. The van der Waals surface area contributed by atoms with E-state index in [1.165, 1.54) is 11.8 Å². The van der Waals surface area contributed by atoms with Crippen LogP contribution in [-0.2, 0) is 5.75 Å². The highest BCUT2D eigenvalue weighted by Crippen LogP contribution is 2.26. The number of rotatable bonds is 8. The number of methoxy groups -OCH3 is 1. The average molecular weight is 460 g/mol. The number of nitrogens with zero attached hydrogens (tertiary/aromatic N) is 2. The molecule has 6 nitrogen and oxygen atoms in total. The predicted octanol–water partition coefficient (Wildman–Crippen LogP) is 4.83. The lowest BCUT2D eigenvalue weighted by Crippen LogP contribution is -2.25. The standard InChI is InChI=1S/C26H25N3O3S/c1-3-15-27-24(30)19-9-14-22-23(16-19)28-26(33-17-18-7-5-4-6-8-18)29(25(22)31)20-10-12-21(32-2)13-11-20/h4-14,16H,3,15,17H2,1-2H3,(H,27,30). The zero-order valence-electron chi connectivity index (χ0n) is 18.6. The van der Waals surface area contributed by atoms with Crippen LogP contribution in [0.25, 0.3) is 16.6 Å². The topological polar surface area (TPSA) is 73.2 Å². The average Bonchev–Trinajstić information content (AvgIpc) is 2.86. The zero-order chi connectivity index (χ0) is 23.2. The monoisotopic (exact) mass is 459 g/mol. The highest BCUT2D eigenvalue weighted by atomic mass is 32.2. The first-order valence-electron chi connectivity index (χ1n) is 10.8. The van der Waals surface area contributed by atoms with Crippen LogP contribution in [0.5, 0.6) is 5.75 Å². The van der Waals surface area contributed by atoms with E-state index in [-0.39, 0.29) is 11.5 Å². The number of ether oxygens (including phenoxy) is 1. The van der Waals surface area contributed by atoms with E-state index < -0.39 is 0 Å². The number of amides is 1. The fraction of sp³-hybridized carbons (Fsp3) is 0.192. The van der Waals surface area contributed by atoms with Crippen LogP contribution in [-0.4, -0.2) is 29.1 Å². The molecule has 1 amide bonds. The van der Waals surface area contributed by atoms with Gasteiger partial charge in [-0.2, -0.15) is 0 Å². The summed E-state index contributed by atoms with van der Waals surface area (Å²) in [6.45, 7) is 2.60. The Kier molecular flexibility index (Phi) is 7.10. The summed E-state index contributed by atoms with van der Waals surface area (Å²) in [6.07, 6.45) is 0.852. The number of aromatic nitrogens is 2. The van der Waals surface area contributed by atoms with Gasteiger partial charge in [0, 0.05) is 17.9 Å². The predicted molar refractivity (Wildman–Crippen MR) is 133 cm³/mol. The van der Waals surface area contributed by atoms with Crippen molar-refractivity contribution in [2.75, 3.05) is 13.7 Å². The SMILES string of the molecule is CCCNC(=O)c1ccc2c(=O)n(-c3ccc(OC)cc3)c(SCc3ccccc3)nc2c1. The molecule has 4 aromatic rings. The molecule has 3 aromatic carbocycles. The minimum Gasteiger partial charge on any atom is -0.497 e. The Morgan fingerprint density at radius 1 is 1.06 bits per heavy atom. The van der Waals surface area contributed by atoms with E-state index in [2.05, 4.69) is 5.32 Å². The summed E-state index contributed by atoms with van der Waals surface area (Å²) in [4.78, 5) is 30.8. The summed E-state index contributed by atoms with van der Waals surface area (Å²) in [6, 6.07) is 22.4. The van der Waals surface area contributed by atoms with Gasteiger partial charge in [0.1, 0.15) is 5.75 Å². The van der Waals surface area contributed by atoms with Crippen LogP contribution in [0.3, 0.4) is 0 Å². The van der Waals surface area contributed by atoms with Gasteiger partial charge in [-0.25, -0.2) is 4.98 Å². The third-order valence-electron chi connectivity index (χ3n) is 5.18. The summed E-state index contributed by atoms with van der Waals surface area (Å²) in [5, 5.41) is 3.89. The molecule has 1 N–H and O–H groups in total. The lowest BCUT2D eigenvalue weighted by atomic mass is 10.1. The number of thioether (sulfide) groups is 1. The molecule has 1 heterocycles. The normalized spacial score (nSPS) is 10.8. The Morgan fingerprint density at radius 3 is 2.52 bits per heavy atom. The minimum atomic E-state index is -0.179. The number of benzene rings is 3. The Hall–Kier alpha value is -3.58. The highest BCUT2D eigenvalue weighted by molar-refractivity contribution is 7.98. The summed E-state index contributed by atoms with van der Waals surface area (Å²) in [7, 11) is 1.61. The van der Waals surface area contributed by atoms with Crippen molar-refractivity contribution < 1.29 is 9.53 Å². The lowest BCUT2D eigenvalue weighted by Gasteiger charge is -2.14. The first kappa shape index (κ1) is 22.6. The van der Waals surface area contributed by atoms with Gasteiger partial charge in [-0.1, -0.05) is 49.0 Å². The fourth-order valence-corrected chi connectivity index (χ4v) is 4.39. The fourth-order valence-electron chi connectivity index (χ4n) is 3.43. The summed E-state index contributed by atoms with van der Waals surface area (Å²) in [5.74, 6) is 1.20. The van der Waals surface area contributed by atoms with Gasteiger partial charge in [0.05, 0.1) is 23.7 Å². The smallest absolute Gasteiger partial charge is 0.266 e. The molecule has 7 heteroatoms. The maximum absolute atomic E-state index is 13.5. The lowest BCUT2D eigenvalue weighted by molar-refractivity contribution is 0.0954. The summed E-state index contributed by atoms with van der Waals surface area (Å²) < 4.78 is 6.88. The number of carbonyl (C=O) groups is 1. The molecule has 0 radical (unpaired) electrons. The van der Waals surface area contributed by atoms with Crippen LogP contribution in [0, 0.1) is 0 Å². The van der Waals surface area contributed by atoms with Gasteiger partial charge in [-0.3, -0.25) is 14.2 Å². The van der Waals surface area contributed by atoms with Crippen molar-refractivity contribution in [1.29, 1.82) is 0 Å². The van der Waals surface area contributed by atoms with Gasteiger partial charge in [-0.05, 0) is 54.4 Å². The van der Waals surface area contributed by atoms with Gasteiger partial charge in [0.2, 0.25) is 0 Å². The van der Waals surface area contributed by atoms with Crippen LogP contribution in [0.15, 0.2) is 82.7 Å². The molecule has 168 valence electrons. The largest absolute Gasteiger partial charge is 0.497 e. The second kappa shape index (κ2) is 10.4. The van der Waals surface area contributed by atoms with E-state index in [1.807, 2.05) is 61.5 Å². The van der Waals surface area contributed by atoms with Crippen LogP contribution in [0.2, 0.25) is 0 Å². The Bertz CT molecular complexity index is 1320. The van der Waals surface area contributed by atoms with E-state index in [4.69, 9.17) is 9.72 Å². The van der Waals surface area contributed by atoms with E-state index in [9.17, 15) is 9.59 Å². The molecule has 0 saturated carbocycles. The molecule has 0 bridgehead atoms. The van der Waals surface area contributed by atoms with Crippen molar-refractivity contribution >= 4 is 28.6 Å². The number of carbonyl (C=O) groups excluding carboxylic acids is 1. The van der Waals surface area contributed by atoms with Crippen molar-refractivity contribution in [2.24, 2.45) is 0 Å². The molecule has 0 aliphatic carbocycles. The number of hydrogen-bond donors (Lipinski definition) is 1. The molecule has 1 aromatic heterocycles. The molecule has 4 rings (SSSR count). The highest BCUT2D eigenvalue weighted by Gasteiger charge is 2.16. The van der Waals surface area contributed by atoms with Gasteiger partial charge < -0.3 is 10.1 Å². The van der Waals surface area contributed by atoms with E-state index >= 15 is 0 Å². The van der Waals surface area contributed by atoms with Gasteiger partial charge in [0.15, 0.2) is 5.16 Å². The van der Waals surface area contributed by atoms with Crippen molar-refractivity contribution in [3.05, 3.63) is 94.3 Å². The second-order valence-corrected chi connectivity index (χ2v) is 8.44. The van der Waals surface area contributed by atoms with Crippen LogP contribution < -0.4 is 15.6 Å². The Morgan fingerprint density at radius 2 is 1.82 bits per heavy atom. The Labute approximate surface area is 196 Å². The molecule has 0 aliphatic heterocycles. The molecular weight excluding hydrogens is 434 g/mol. The Balaban J connectivity index is 1.81. The van der Waals surface area contributed by atoms with Crippen molar-refractivity contribution in [1.82, 2.24) is 14.9 Å². The van der Waals surface area contributed by atoms with Crippen LogP contribution in [0.1, 0.15) is 29.3 Å². The first-order valence-corrected chi connectivity index (χ1v) is 11.8. The molecule has 0 spiro atoms. The minimum absolute atomic E-state index is 0.168. The van der Waals surface area contributed by atoms with Gasteiger partial charge in [0.25, 0.3) is 11.5 Å². The summed E-state index contributed by atoms with van der Waals surface area (Å²) in [5.41, 5.74) is 2.65. The van der Waals surface area contributed by atoms with Crippen LogP contribution >= 0.6 is 11.8 Å². The van der Waals surface area contributed by atoms with Crippen LogP contribution in [0.4, 0.5) is 0 Å². The molecular formula is C26H25N3O3S. The molecule has 33 heavy (non-hydrogen) atoms.